The van der Waals surface area contributed by atoms with E-state index in [-0.39, 0.29) is 5.91 Å². The van der Waals surface area contributed by atoms with Crippen molar-refractivity contribution in [3.8, 4) is 17.1 Å². The third-order valence-corrected chi connectivity index (χ3v) is 5.79. The summed E-state index contributed by atoms with van der Waals surface area (Å²) in [5, 5.41) is 5.32. The van der Waals surface area contributed by atoms with Crippen molar-refractivity contribution in [2.24, 2.45) is 7.05 Å². The van der Waals surface area contributed by atoms with Crippen LogP contribution in [0.1, 0.15) is 17.4 Å². The van der Waals surface area contributed by atoms with Crippen molar-refractivity contribution >= 4 is 17.5 Å². The lowest BCUT2D eigenvalue weighted by atomic mass is 10.2. The molecule has 2 aromatic heterocycles. The minimum atomic E-state index is 0.00281. The van der Waals surface area contributed by atoms with Crippen LogP contribution in [0.3, 0.4) is 0 Å². The lowest BCUT2D eigenvalue weighted by Crippen LogP contribution is -3.14. The fourth-order valence-electron chi connectivity index (χ4n) is 3.73. The molecule has 1 fully saturated rings. The standard InChI is InChI=1S/C21H24ClN5O/c1-3-25-11-13-26(14-12-25)21(28)20-15-17(19-9-6-10-24(19)2)23-27(20)18-8-5-4-7-16(18)22/h4-10,15H,3,11-14H2,1-2H3/p+1. The molecule has 1 aromatic carbocycles. The Bertz CT molecular complexity index is 984. The van der Waals surface area contributed by atoms with Gasteiger partial charge in [-0.3, -0.25) is 4.79 Å². The summed E-state index contributed by atoms with van der Waals surface area (Å²) in [5.41, 5.74) is 2.98. The number of nitrogens with one attached hydrogen (secondary N) is 1. The second-order valence-corrected chi connectivity index (χ2v) is 7.59. The Balaban J connectivity index is 1.75. The third-order valence-electron chi connectivity index (χ3n) is 5.47. The average Bonchev–Trinajstić information content (AvgIpc) is 3.34. The van der Waals surface area contributed by atoms with Crippen molar-refractivity contribution in [2.75, 3.05) is 32.7 Å². The predicted molar refractivity (Wildman–Crippen MR) is 110 cm³/mol. The van der Waals surface area contributed by atoms with E-state index in [0.29, 0.717) is 16.4 Å². The van der Waals surface area contributed by atoms with Crippen LogP contribution in [-0.4, -0.2) is 57.9 Å². The van der Waals surface area contributed by atoms with Gasteiger partial charge < -0.3 is 14.4 Å². The molecule has 0 bridgehead atoms. The molecule has 0 saturated carbocycles. The Labute approximate surface area is 169 Å². The fourth-order valence-corrected chi connectivity index (χ4v) is 3.95. The van der Waals surface area contributed by atoms with Gasteiger partial charge in [-0.05, 0) is 37.3 Å². The van der Waals surface area contributed by atoms with Gasteiger partial charge in [-0.1, -0.05) is 23.7 Å². The van der Waals surface area contributed by atoms with Crippen molar-refractivity contribution in [3.05, 3.63) is 59.4 Å². The number of nitrogens with zero attached hydrogens (tertiary/aromatic N) is 4. The quantitative estimate of drug-likeness (QED) is 0.729. The summed E-state index contributed by atoms with van der Waals surface area (Å²) in [4.78, 5) is 16.8. The molecule has 0 radical (unpaired) electrons. The van der Waals surface area contributed by atoms with Gasteiger partial charge >= 0.3 is 0 Å². The largest absolute Gasteiger partial charge is 0.349 e. The Morgan fingerprint density at radius 3 is 2.57 bits per heavy atom. The molecular formula is C21H25ClN5O+. The zero-order valence-corrected chi connectivity index (χ0v) is 17.0. The number of piperazine rings is 1. The molecule has 0 spiro atoms. The molecule has 1 aliphatic heterocycles. The van der Waals surface area contributed by atoms with Gasteiger partial charge in [0, 0.05) is 13.2 Å². The second kappa shape index (κ2) is 7.81. The van der Waals surface area contributed by atoms with Gasteiger partial charge in [0.25, 0.3) is 5.91 Å². The highest BCUT2D eigenvalue weighted by molar-refractivity contribution is 6.32. The van der Waals surface area contributed by atoms with Gasteiger partial charge in [-0.15, -0.1) is 0 Å². The van der Waals surface area contributed by atoms with E-state index >= 15 is 0 Å². The summed E-state index contributed by atoms with van der Waals surface area (Å²) in [7, 11) is 1.97. The number of carbonyl (C=O) groups is 1. The molecular weight excluding hydrogens is 374 g/mol. The monoisotopic (exact) mass is 398 g/mol. The molecule has 4 rings (SSSR count). The molecule has 3 aromatic rings. The number of halogens is 1. The Hall–Kier alpha value is -2.57. The lowest BCUT2D eigenvalue weighted by molar-refractivity contribution is -0.902. The highest BCUT2D eigenvalue weighted by atomic mass is 35.5. The Kier molecular flexibility index (Phi) is 5.24. The zero-order valence-electron chi connectivity index (χ0n) is 16.2. The summed E-state index contributed by atoms with van der Waals surface area (Å²) in [6.07, 6.45) is 1.97. The van der Waals surface area contributed by atoms with E-state index in [2.05, 4.69) is 6.92 Å². The van der Waals surface area contributed by atoms with E-state index < -0.39 is 0 Å². The van der Waals surface area contributed by atoms with Gasteiger partial charge in [0.1, 0.15) is 11.4 Å². The van der Waals surface area contributed by atoms with Crippen molar-refractivity contribution in [2.45, 2.75) is 6.92 Å². The predicted octanol–water partition coefficient (Wildman–Crippen LogP) is 1.89. The summed E-state index contributed by atoms with van der Waals surface area (Å²) in [6.45, 7) is 6.76. The Morgan fingerprint density at radius 1 is 1.18 bits per heavy atom. The minimum absolute atomic E-state index is 0.00281. The van der Waals surface area contributed by atoms with E-state index in [0.717, 1.165) is 44.1 Å². The number of aryl methyl sites for hydroxylation is 1. The zero-order chi connectivity index (χ0) is 19.7. The molecule has 3 heterocycles. The molecule has 1 aliphatic rings. The molecule has 146 valence electrons. The van der Waals surface area contributed by atoms with Crippen LogP contribution < -0.4 is 4.90 Å². The number of likely N-dealkylation sites (N-methyl/N-ethyl adjacent to an activating group) is 1. The summed E-state index contributed by atoms with van der Waals surface area (Å²) >= 11 is 6.43. The minimum Gasteiger partial charge on any atom is -0.349 e. The highest BCUT2D eigenvalue weighted by Crippen LogP contribution is 2.26. The number of rotatable bonds is 4. The van der Waals surface area contributed by atoms with Crippen LogP contribution in [0.15, 0.2) is 48.7 Å². The van der Waals surface area contributed by atoms with Crippen molar-refractivity contribution in [1.82, 2.24) is 19.2 Å². The molecule has 1 saturated heterocycles. The van der Waals surface area contributed by atoms with E-state index in [4.69, 9.17) is 16.7 Å². The molecule has 1 amide bonds. The number of amides is 1. The van der Waals surface area contributed by atoms with E-state index in [1.54, 1.807) is 4.68 Å². The normalized spacial score (nSPS) is 15.2. The molecule has 28 heavy (non-hydrogen) atoms. The maximum Gasteiger partial charge on any atom is 0.273 e. The number of para-hydroxylation sites is 1. The van der Waals surface area contributed by atoms with Gasteiger partial charge in [-0.2, -0.15) is 5.10 Å². The van der Waals surface area contributed by atoms with Crippen LogP contribution in [0.25, 0.3) is 17.1 Å². The van der Waals surface area contributed by atoms with Crippen LogP contribution in [0, 0.1) is 0 Å². The first kappa shape index (κ1) is 18.8. The number of aromatic nitrogens is 3. The third kappa shape index (κ3) is 3.45. The number of hydrogen-bond acceptors (Lipinski definition) is 2. The number of hydrogen-bond donors (Lipinski definition) is 1. The van der Waals surface area contributed by atoms with Gasteiger partial charge in [0.15, 0.2) is 0 Å². The van der Waals surface area contributed by atoms with Crippen molar-refractivity contribution in [3.63, 3.8) is 0 Å². The summed E-state index contributed by atoms with van der Waals surface area (Å²) in [6, 6.07) is 13.3. The van der Waals surface area contributed by atoms with Crippen LogP contribution in [0.4, 0.5) is 0 Å². The first-order chi connectivity index (χ1) is 13.6. The molecule has 1 N–H and O–H groups in total. The van der Waals surface area contributed by atoms with Gasteiger partial charge in [0.2, 0.25) is 0 Å². The second-order valence-electron chi connectivity index (χ2n) is 7.18. The number of quaternary nitrogens is 1. The molecule has 0 unspecified atom stereocenters. The highest BCUT2D eigenvalue weighted by Gasteiger charge is 2.28. The van der Waals surface area contributed by atoms with Crippen molar-refractivity contribution < 1.29 is 9.69 Å². The number of carbonyl (C=O) groups excluding carboxylic acids is 1. The lowest BCUT2D eigenvalue weighted by Gasteiger charge is -2.31. The Morgan fingerprint density at radius 2 is 1.93 bits per heavy atom. The van der Waals surface area contributed by atoms with E-state index in [9.17, 15) is 4.79 Å². The van der Waals surface area contributed by atoms with Crippen molar-refractivity contribution in [1.29, 1.82) is 0 Å². The maximum atomic E-state index is 13.4. The first-order valence-electron chi connectivity index (χ1n) is 9.68. The van der Waals surface area contributed by atoms with Crippen LogP contribution in [-0.2, 0) is 7.05 Å². The van der Waals surface area contributed by atoms with Crippen LogP contribution in [0.2, 0.25) is 5.02 Å². The number of benzene rings is 1. The van der Waals surface area contributed by atoms with Gasteiger partial charge in [-0.25, -0.2) is 4.68 Å². The summed E-state index contributed by atoms with van der Waals surface area (Å²) < 4.78 is 3.68. The topological polar surface area (TPSA) is 47.5 Å². The smallest absolute Gasteiger partial charge is 0.273 e. The molecule has 0 aliphatic carbocycles. The van der Waals surface area contributed by atoms with E-state index in [1.807, 2.05) is 65.2 Å². The first-order valence-corrected chi connectivity index (χ1v) is 10.1. The maximum absolute atomic E-state index is 13.4. The fraction of sp³-hybridized carbons (Fsp3) is 0.333. The SMILES string of the molecule is CC[NH+]1CCN(C(=O)c2cc(-c3cccn3C)nn2-c2ccccc2Cl)CC1. The van der Waals surface area contributed by atoms with E-state index in [1.165, 1.54) is 4.90 Å². The average molecular weight is 399 g/mol. The van der Waals surface area contributed by atoms with Gasteiger partial charge in [0.05, 0.1) is 49.1 Å². The molecule has 6 nitrogen and oxygen atoms in total. The van der Waals surface area contributed by atoms with Crippen LogP contribution >= 0.6 is 11.6 Å². The summed E-state index contributed by atoms with van der Waals surface area (Å²) in [5.74, 6) is 0.00281. The molecule has 0 atom stereocenters. The van der Waals surface area contributed by atoms with Crippen LogP contribution in [0.5, 0.6) is 0 Å². The molecule has 7 heteroatoms.